The van der Waals surface area contributed by atoms with Gasteiger partial charge in [-0.25, -0.2) is 4.79 Å². The van der Waals surface area contributed by atoms with E-state index >= 15 is 0 Å². The lowest BCUT2D eigenvalue weighted by Gasteiger charge is -2.29. The van der Waals surface area contributed by atoms with Crippen molar-refractivity contribution in [3.63, 3.8) is 0 Å². The molecule has 74 valence electrons. The fourth-order valence-corrected chi connectivity index (χ4v) is 1.82. The number of hydrogen-bond donors (Lipinski definition) is 1. The van der Waals surface area contributed by atoms with Crippen molar-refractivity contribution in [3.05, 3.63) is 35.4 Å². The number of ether oxygens (including phenoxy) is 1. The smallest absolute Gasteiger partial charge is 0.406 e. The van der Waals surface area contributed by atoms with Crippen molar-refractivity contribution in [3.8, 4) is 0 Å². The number of carbonyl (C=O) groups excluding carboxylic acids is 1. The van der Waals surface area contributed by atoms with Crippen molar-refractivity contribution in [1.29, 1.82) is 0 Å². The summed E-state index contributed by atoms with van der Waals surface area (Å²) in [5.74, 6) is 0.463. The molecule has 1 aliphatic carbocycles. The number of methoxy groups -OCH3 is 1. The minimum Gasteiger partial charge on any atom is -0.453 e. The third kappa shape index (κ3) is 1.58. The molecule has 1 aromatic rings. The number of benzene rings is 1. The van der Waals surface area contributed by atoms with E-state index in [1.807, 2.05) is 12.1 Å². The number of fused-ring (bicyclic) bond motifs is 1. The van der Waals surface area contributed by atoms with E-state index in [9.17, 15) is 4.79 Å². The van der Waals surface area contributed by atoms with Crippen molar-refractivity contribution in [2.24, 2.45) is 0 Å². The maximum absolute atomic E-state index is 10.8. The number of hydrogen-bond acceptors (Lipinski definition) is 2. The molecule has 1 atom stereocenters. The number of alkyl carbamates (subject to hydrolysis) is 1. The molecular weight excluding hydrogens is 178 g/mol. The molecule has 0 radical (unpaired) electrons. The van der Waals surface area contributed by atoms with Crippen LogP contribution in [0.3, 0.4) is 0 Å². The van der Waals surface area contributed by atoms with Gasteiger partial charge in [-0.15, -0.1) is 0 Å². The first-order valence-electron chi connectivity index (χ1n) is 4.71. The van der Waals surface area contributed by atoms with Crippen LogP contribution in [0.4, 0.5) is 4.79 Å². The third-order valence-corrected chi connectivity index (χ3v) is 2.64. The lowest BCUT2D eigenvalue weighted by molar-refractivity contribution is 0.170. The summed E-state index contributed by atoms with van der Waals surface area (Å²) < 4.78 is 4.51. The molecule has 0 fully saturated rings. The zero-order valence-corrected chi connectivity index (χ0v) is 8.12. The summed E-state index contributed by atoms with van der Waals surface area (Å²) in [7, 11) is 1.38. The predicted octanol–water partition coefficient (Wildman–Crippen LogP) is 1.68. The van der Waals surface area contributed by atoms with E-state index in [2.05, 4.69) is 22.2 Å². The van der Waals surface area contributed by atoms with E-state index in [0.717, 1.165) is 6.42 Å². The van der Waals surface area contributed by atoms with Gasteiger partial charge in [-0.3, -0.25) is 0 Å². The largest absolute Gasteiger partial charge is 0.453 e. The molecule has 1 aliphatic rings. The molecule has 1 amide bonds. The fourth-order valence-electron chi connectivity index (χ4n) is 1.82. The van der Waals surface area contributed by atoms with E-state index < -0.39 is 0 Å². The molecule has 0 saturated heterocycles. The van der Waals surface area contributed by atoms with Crippen LogP contribution in [0, 0.1) is 0 Å². The van der Waals surface area contributed by atoms with Gasteiger partial charge in [0.1, 0.15) is 0 Å². The molecule has 3 heteroatoms. The Balaban J connectivity index is 1.90. The van der Waals surface area contributed by atoms with E-state index in [4.69, 9.17) is 0 Å². The Morgan fingerprint density at radius 2 is 2.36 bits per heavy atom. The highest BCUT2D eigenvalue weighted by Gasteiger charge is 2.25. The second-order valence-corrected chi connectivity index (χ2v) is 3.47. The van der Waals surface area contributed by atoms with E-state index in [1.54, 1.807) is 0 Å². The van der Waals surface area contributed by atoms with Gasteiger partial charge in [0, 0.05) is 12.5 Å². The van der Waals surface area contributed by atoms with Gasteiger partial charge in [-0.05, 0) is 17.5 Å². The average Bonchev–Trinajstić information content (AvgIpc) is 2.19. The standard InChI is InChI=1S/C11H13NO2/c1-14-11(13)12-7-9-6-8-4-2-3-5-10(8)9/h2-5,9H,6-7H2,1H3,(H,12,13). The molecule has 0 aromatic heterocycles. The highest BCUT2D eigenvalue weighted by molar-refractivity contribution is 5.67. The van der Waals surface area contributed by atoms with E-state index in [-0.39, 0.29) is 6.09 Å². The second kappa shape index (κ2) is 3.70. The first kappa shape index (κ1) is 9.06. The summed E-state index contributed by atoms with van der Waals surface area (Å²) in [5, 5.41) is 2.71. The van der Waals surface area contributed by atoms with Gasteiger partial charge in [0.25, 0.3) is 0 Å². The average molecular weight is 191 g/mol. The lowest BCUT2D eigenvalue weighted by atomic mass is 9.78. The van der Waals surface area contributed by atoms with Crippen LogP contribution in [0.5, 0.6) is 0 Å². The number of rotatable bonds is 2. The summed E-state index contributed by atoms with van der Waals surface area (Å²) in [6.45, 7) is 0.670. The van der Waals surface area contributed by atoms with Crippen molar-refractivity contribution in [2.45, 2.75) is 12.3 Å². The maximum Gasteiger partial charge on any atom is 0.406 e. The third-order valence-electron chi connectivity index (χ3n) is 2.64. The molecule has 0 heterocycles. The van der Waals surface area contributed by atoms with Crippen molar-refractivity contribution < 1.29 is 9.53 Å². The van der Waals surface area contributed by atoms with Crippen LogP contribution < -0.4 is 5.32 Å². The molecular formula is C11H13NO2. The Morgan fingerprint density at radius 1 is 1.57 bits per heavy atom. The van der Waals surface area contributed by atoms with Crippen molar-refractivity contribution >= 4 is 6.09 Å². The normalized spacial score (nSPS) is 17.9. The van der Waals surface area contributed by atoms with Gasteiger partial charge >= 0.3 is 6.09 Å². The Labute approximate surface area is 83.1 Å². The minimum absolute atomic E-state index is 0.352. The first-order valence-corrected chi connectivity index (χ1v) is 4.71. The van der Waals surface area contributed by atoms with Crippen LogP contribution in [-0.2, 0) is 11.2 Å². The summed E-state index contributed by atoms with van der Waals surface area (Å²) in [6, 6.07) is 8.32. The molecule has 1 aromatic carbocycles. The molecule has 2 rings (SSSR count). The van der Waals surface area contributed by atoms with Gasteiger partial charge in [0.15, 0.2) is 0 Å². The number of amides is 1. The topological polar surface area (TPSA) is 38.3 Å². The van der Waals surface area contributed by atoms with Gasteiger partial charge < -0.3 is 10.1 Å². The van der Waals surface area contributed by atoms with Crippen LogP contribution in [0.2, 0.25) is 0 Å². The van der Waals surface area contributed by atoms with E-state index in [1.165, 1.54) is 18.2 Å². The van der Waals surface area contributed by atoms with Crippen LogP contribution in [0.25, 0.3) is 0 Å². The van der Waals surface area contributed by atoms with E-state index in [0.29, 0.717) is 12.5 Å². The van der Waals surface area contributed by atoms with Crippen LogP contribution in [0.1, 0.15) is 17.0 Å². The summed E-state index contributed by atoms with van der Waals surface area (Å²) in [5.41, 5.74) is 2.74. The fraction of sp³-hybridized carbons (Fsp3) is 0.364. The van der Waals surface area contributed by atoms with Crippen LogP contribution in [-0.4, -0.2) is 19.7 Å². The minimum atomic E-state index is -0.352. The summed E-state index contributed by atoms with van der Waals surface area (Å²) in [6.07, 6.45) is 0.703. The molecule has 1 N–H and O–H groups in total. The molecule has 0 bridgehead atoms. The Hall–Kier alpha value is -1.51. The number of nitrogens with one attached hydrogen (secondary N) is 1. The molecule has 0 saturated carbocycles. The molecule has 1 unspecified atom stereocenters. The molecule has 0 aliphatic heterocycles. The van der Waals surface area contributed by atoms with Crippen molar-refractivity contribution in [2.75, 3.05) is 13.7 Å². The Morgan fingerprint density at radius 3 is 3.07 bits per heavy atom. The molecule has 3 nitrogen and oxygen atoms in total. The Kier molecular flexibility index (Phi) is 2.39. The Bertz CT molecular complexity index is 349. The highest BCUT2D eigenvalue weighted by atomic mass is 16.5. The predicted molar refractivity (Wildman–Crippen MR) is 53.3 cm³/mol. The molecule has 14 heavy (non-hydrogen) atoms. The zero-order chi connectivity index (χ0) is 9.97. The van der Waals surface area contributed by atoms with Gasteiger partial charge in [-0.1, -0.05) is 24.3 Å². The maximum atomic E-state index is 10.8. The highest BCUT2D eigenvalue weighted by Crippen LogP contribution is 2.33. The number of carbonyl (C=O) groups is 1. The quantitative estimate of drug-likeness (QED) is 0.772. The molecule has 0 spiro atoms. The first-order chi connectivity index (χ1) is 6.81. The van der Waals surface area contributed by atoms with Crippen molar-refractivity contribution in [1.82, 2.24) is 5.32 Å². The second-order valence-electron chi connectivity index (χ2n) is 3.47. The van der Waals surface area contributed by atoms with Crippen LogP contribution >= 0.6 is 0 Å². The SMILES string of the molecule is COC(=O)NCC1Cc2ccccc21. The lowest BCUT2D eigenvalue weighted by Crippen LogP contribution is -2.32. The van der Waals surface area contributed by atoms with Gasteiger partial charge in [0.2, 0.25) is 0 Å². The summed E-state index contributed by atoms with van der Waals surface area (Å²) in [4.78, 5) is 10.8. The zero-order valence-electron chi connectivity index (χ0n) is 8.12. The van der Waals surface area contributed by atoms with Crippen LogP contribution in [0.15, 0.2) is 24.3 Å². The monoisotopic (exact) mass is 191 g/mol. The summed E-state index contributed by atoms with van der Waals surface area (Å²) >= 11 is 0. The van der Waals surface area contributed by atoms with Gasteiger partial charge in [0.05, 0.1) is 7.11 Å². The van der Waals surface area contributed by atoms with Gasteiger partial charge in [-0.2, -0.15) is 0 Å².